The van der Waals surface area contributed by atoms with Crippen LogP contribution in [0, 0.1) is 16.0 Å². The molecule has 0 amide bonds. The molecule has 7 heteroatoms. The van der Waals surface area contributed by atoms with Crippen LogP contribution >= 0.6 is 0 Å². The third-order valence-corrected chi connectivity index (χ3v) is 2.19. The van der Waals surface area contributed by atoms with Crippen LogP contribution in [0.3, 0.4) is 0 Å². The lowest BCUT2D eigenvalue weighted by molar-refractivity contribution is -0.386. The monoisotopic (exact) mass is 226 g/mol. The quantitative estimate of drug-likeness (QED) is 0.614. The lowest BCUT2D eigenvalue weighted by Gasteiger charge is -2.16. The van der Waals surface area contributed by atoms with E-state index in [0.29, 0.717) is 0 Å². The summed E-state index contributed by atoms with van der Waals surface area (Å²) in [6.45, 7) is 5.70. The Labute approximate surface area is 92.8 Å². The summed E-state index contributed by atoms with van der Waals surface area (Å²) < 4.78 is 5.38. The van der Waals surface area contributed by atoms with E-state index in [1.807, 2.05) is 20.8 Å². The number of ether oxygens (including phenoxy) is 1. The average Bonchev–Trinajstić information content (AvgIpc) is 2.16. The summed E-state index contributed by atoms with van der Waals surface area (Å²) >= 11 is 0. The zero-order valence-electron chi connectivity index (χ0n) is 9.38. The Hall–Kier alpha value is -1.92. The highest BCUT2D eigenvalue weighted by atomic mass is 16.6. The van der Waals surface area contributed by atoms with E-state index in [0.717, 1.165) is 6.20 Å². The highest BCUT2D eigenvalue weighted by Gasteiger charge is 2.21. The van der Waals surface area contributed by atoms with Gasteiger partial charge in [0.1, 0.15) is 12.3 Å². The lowest BCUT2D eigenvalue weighted by Crippen LogP contribution is -2.20. The van der Waals surface area contributed by atoms with Gasteiger partial charge in [0.05, 0.1) is 4.92 Å². The molecule has 0 aliphatic heterocycles. The molecule has 0 aliphatic carbocycles. The van der Waals surface area contributed by atoms with Gasteiger partial charge in [0.25, 0.3) is 5.88 Å². The molecule has 1 aromatic heterocycles. The van der Waals surface area contributed by atoms with Crippen molar-refractivity contribution in [1.82, 2.24) is 9.97 Å². The van der Waals surface area contributed by atoms with Gasteiger partial charge in [-0.3, -0.25) is 10.1 Å². The molecule has 2 N–H and O–H groups in total. The second-order valence-electron chi connectivity index (χ2n) is 3.74. The first-order chi connectivity index (χ1) is 7.41. The van der Waals surface area contributed by atoms with Crippen LogP contribution in [0.1, 0.15) is 20.8 Å². The van der Waals surface area contributed by atoms with Crippen molar-refractivity contribution in [3.05, 3.63) is 16.3 Å². The van der Waals surface area contributed by atoms with Gasteiger partial charge < -0.3 is 10.5 Å². The fourth-order valence-corrected chi connectivity index (χ4v) is 0.897. The molecular weight excluding hydrogens is 212 g/mol. The van der Waals surface area contributed by atoms with Gasteiger partial charge in [-0.2, -0.15) is 4.98 Å². The highest BCUT2D eigenvalue weighted by molar-refractivity contribution is 5.41. The Balaban J connectivity index is 3.01. The number of nitrogens with zero attached hydrogens (tertiary/aromatic N) is 3. The van der Waals surface area contributed by atoms with E-state index in [-0.39, 0.29) is 29.5 Å². The maximum absolute atomic E-state index is 10.7. The van der Waals surface area contributed by atoms with Crippen LogP contribution < -0.4 is 10.5 Å². The topological polar surface area (TPSA) is 104 Å². The van der Waals surface area contributed by atoms with Gasteiger partial charge in [0.15, 0.2) is 0 Å². The molecule has 0 fully saturated rings. The number of anilines is 1. The first kappa shape index (κ1) is 12.2. The first-order valence-electron chi connectivity index (χ1n) is 4.85. The smallest absolute Gasteiger partial charge is 0.349 e. The molecule has 1 rings (SSSR count). The van der Waals surface area contributed by atoms with Crippen molar-refractivity contribution >= 4 is 11.6 Å². The fraction of sp³-hybridized carbons (Fsp3) is 0.556. The second kappa shape index (κ2) is 4.73. The molecule has 0 spiro atoms. The average molecular weight is 226 g/mol. The van der Waals surface area contributed by atoms with Crippen molar-refractivity contribution in [3.63, 3.8) is 0 Å². The van der Waals surface area contributed by atoms with E-state index >= 15 is 0 Å². The fourth-order valence-electron chi connectivity index (χ4n) is 0.897. The van der Waals surface area contributed by atoms with Crippen molar-refractivity contribution in [3.8, 4) is 5.88 Å². The van der Waals surface area contributed by atoms with E-state index in [1.165, 1.54) is 0 Å². The molecule has 0 radical (unpaired) electrons. The Bertz CT molecular complexity index is 394. The highest BCUT2D eigenvalue weighted by Crippen LogP contribution is 2.25. The molecule has 7 nitrogen and oxygen atoms in total. The molecule has 88 valence electrons. The van der Waals surface area contributed by atoms with Gasteiger partial charge in [0.2, 0.25) is 5.95 Å². The summed E-state index contributed by atoms with van der Waals surface area (Å²) in [7, 11) is 0. The van der Waals surface area contributed by atoms with Crippen LogP contribution in [-0.4, -0.2) is 21.0 Å². The zero-order valence-corrected chi connectivity index (χ0v) is 9.38. The Morgan fingerprint density at radius 2 is 2.12 bits per heavy atom. The van der Waals surface area contributed by atoms with E-state index in [9.17, 15) is 10.1 Å². The minimum atomic E-state index is -0.595. The summed E-state index contributed by atoms with van der Waals surface area (Å²) in [6, 6.07) is 0. The van der Waals surface area contributed by atoms with Gasteiger partial charge >= 0.3 is 5.69 Å². The molecule has 1 heterocycles. The molecule has 0 aliphatic rings. The molecule has 1 atom stereocenters. The summed E-state index contributed by atoms with van der Waals surface area (Å²) in [4.78, 5) is 17.4. The second-order valence-corrected chi connectivity index (χ2v) is 3.74. The minimum absolute atomic E-state index is 0.0449. The summed E-state index contributed by atoms with van der Waals surface area (Å²) in [5.74, 6) is 0.0889. The molecule has 16 heavy (non-hydrogen) atoms. The van der Waals surface area contributed by atoms with Crippen LogP contribution in [-0.2, 0) is 0 Å². The number of nitrogens with two attached hydrogens (primary N) is 1. The largest absolute Gasteiger partial charge is 0.469 e. The van der Waals surface area contributed by atoms with E-state index in [2.05, 4.69) is 9.97 Å². The predicted molar refractivity (Wildman–Crippen MR) is 58.0 cm³/mol. The molecule has 0 saturated carbocycles. The Morgan fingerprint density at radius 3 is 2.62 bits per heavy atom. The van der Waals surface area contributed by atoms with E-state index in [1.54, 1.807) is 0 Å². The van der Waals surface area contributed by atoms with Crippen LogP contribution in [0.2, 0.25) is 0 Å². The first-order valence-corrected chi connectivity index (χ1v) is 4.85. The summed E-state index contributed by atoms with van der Waals surface area (Å²) in [5, 5.41) is 10.7. The maximum atomic E-state index is 10.7. The SMILES string of the molecule is CC(C)C(C)Oc1nc(N)ncc1[N+](=O)[O-]. The van der Waals surface area contributed by atoms with Crippen LogP contribution in [0.4, 0.5) is 11.6 Å². The molecule has 0 aromatic carbocycles. The molecule has 0 saturated heterocycles. The van der Waals surface area contributed by atoms with Crippen molar-refractivity contribution in [2.45, 2.75) is 26.9 Å². The van der Waals surface area contributed by atoms with Crippen molar-refractivity contribution in [2.75, 3.05) is 5.73 Å². The lowest BCUT2D eigenvalue weighted by atomic mass is 10.1. The number of nitrogen functional groups attached to an aromatic ring is 1. The van der Waals surface area contributed by atoms with Gasteiger partial charge in [-0.05, 0) is 12.8 Å². The zero-order chi connectivity index (χ0) is 12.3. The van der Waals surface area contributed by atoms with Gasteiger partial charge in [-0.1, -0.05) is 13.8 Å². The van der Waals surface area contributed by atoms with Crippen LogP contribution in [0.5, 0.6) is 5.88 Å². The van der Waals surface area contributed by atoms with Crippen LogP contribution in [0.25, 0.3) is 0 Å². The number of hydrogen-bond donors (Lipinski definition) is 1. The minimum Gasteiger partial charge on any atom is -0.469 e. The third-order valence-electron chi connectivity index (χ3n) is 2.19. The number of hydrogen-bond acceptors (Lipinski definition) is 6. The van der Waals surface area contributed by atoms with Crippen LogP contribution in [0.15, 0.2) is 6.20 Å². The normalized spacial score (nSPS) is 12.5. The summed E-state index contributed by atoms with van der Waals surface area (Å²) in [6.07, 6.45) is 0.859. The number of aromatic nitrogens is 2. The van der Waals surface area contributed by atoms with Gasteiger partial charge in [-0.15, -0.1) is 0 Å². The van der Waals surface area contributed by atoms with Gasteiger partial charge in [-0.25, -0.2) is 4.98 Å². The standard InChI is InChI=1S/C9H14N4O3/c1-5(2)6(3)16-8-7(13(14)15)4-11-9(10)12-8/h4-6H,1-3H3,(H2,10,11,12). The molecular formula is C9H14N4O3. The molecule has 1 aromatic rings. The van der Waals surface area contributed by atoms with E-state index in [4.69, 9.17) is 10.5 Å². The third kappa shape index (κ3) is 2.78. The Kier molecular flexibility index (Phi) is 3.60. The predicted octanol–water partition coefficient (Wildman–Crippen LogP) is 1.39. The maximum Gasteiger partial charge on any atom is 0.349 e. The van der Waals surface area contributed by atoms with Gasteiger partial charge in [0, 0.05) is 0 Å². The molecule has 1 unspecified atom stereocenters. The molecule has 0 bridgehead atoms. The number of nitro groups is 1. The Morgan fingerprint density at radius 1 is 1.50 bits per heavy atom. The van der Waals surface area contributed by atoms with Crippen molar-refractivity contribution < 1.29 is 9.66 Å². The number of rotatable bonds is 4. The van der Waals surface area contributed by atoms with Crippen molar-refractivity contribution in [1.29, 1.82) is 0 Å². The summed E-state index contributed by atoms with van der Waals surface area (Å²) in [5.41, 5.74) is 5.08. The van der Waals surface area contributed by atoms with Crippen molar-refractivity contribution in [2.24, 2.45) is 5.92 Å². The van der Waals surface area contributed by atoms with E-state index < -0.39 is 4.92 Å².